The molecule has 1 saturated heterocycles. The first-order valence-corrected chi connectivity index (χ1v) is 8.80. The maximum absolute atomic E-state index is 13.0. The van der Waals surface area contributed by atoms with E-state index < -0.39 is 0 Å². The minimum atomic E-state index is -0.0591. The van der Waals surface area contributed by atoms with E-state index in [-0.39, 0.29) is 24.8 Å². The van der Waals surface area contributed by atoms with Crippen LogP contribution in [-0.2, 0) is 9.53 Å². The first-order valence-electron chi connectivity index (χ1n) is 8.80. The molecule has 5 heteroatoms. The molecule has 2 heterocycles. The fourth-order valence-electron chi connectivity index (χ4n) is 3.39. The number of hydrogen-bond donors (Lipinski definition) is 0. The predicted molar refractivity (Wildman–Crippen MR) is 99.3 cm³/mol. The summed E-state index contributed by atoms with van der Waals surface area (Å²) in [5, 5.41) is 0. The van der Waals surface area contributed by atoms with Gasteiger partial charge in [0.05, 0.1) is 12.1 Å². The Morgan fingerprint density at radius 2 is 1.92 bits per heavy atom. The summed E-state index contributed by atoms with van der Waals surface area (Å²) in [6, 6.07) is 15.4. The normalized spacial score (nSPS) is 21.3. The van der Waals surface area contributed by atoms with E-state index in [4.69, 9.17) is 14.2 Å². The van der Waals surface area contributed by atoms with Crippen LogP contribution in [0.2, 0.25) is 0 Å². The Kier molecular flexibility index (Phi) is 4.63. The number of rotatable bonds is 4. The number of para-hydroxylation sites is 1. The largest absolute Gasteiger partial charge is 0.454 e. The Morgan fingerprint density at radius 3 is 2.69 bits per heavy atom. The first kappa shape index (κ1) is 16.7. The van der Waals surface area contributed by atoms with Crippen LogP contribution in [0.1, 0.15) is 18.9 Å². The molecule has 1 fully saturated rings. The van der Waals surface area contributed by atoms with Gasteiger partial charge in [-0.05, 0) is 49.2 Å². The first-order chi connectivity index (χ1) is 12.7. The average molecular weight is 351 g/mol. The van der Waals surface area contributed by atoms with Crippen LogP contribution in [0.15, 0.2) is 54.6 Å². The number of carbonyl (C=O) groups excluding carboxylic acids is 1. The second-order valence-electron chi connectivity index (χ2n) is 6.42. The fourth-order valence-corrected chi connectivity index (χ4v) is 3.39. The molecule has 0 radical (unpaired) electrons. The third-order valence-electron chi connectivity index (χ3n) is 4.75. The van der Waals surface area contributed by atoms with Gasteiger partial charge in [0, 0.05) is 18.4 Å². The van der Waals surface area contributed by atoms with Gasteiger partial charge in [0.15, 0.2) is 11.5 Å². The highest BCUT2D eigenvalue weighted by Crippen LogP contribution is 2.33. The van der Waals surface area contributed by atoms with E-state index in [0.717, 1.165) is 23.4 Å². The summed E-state index contributed by atoms with van der Waals surface area (Å²) < 4.78 is 16.4. The van der Waals surface area contributed by atoms with E-state index in [1.807, 2.05) is 60.4 Å². The van der Waals surface area contributed by atoms with E-state index in [1.54, 1.807) is 12.2 Å². The fraction of sp³-hybridized carbons (Fsp3) is 0.286. The van der Waals surface area contributed by atoms with Gasteiger partial charge in [-0.15, -0.1) is 0 Å². The monoisotopic (exact) mass is 351 g/mol. The van der Waals surface area contributed by atoms with Gasteiger partial charge in [-0.25, -0.2) is 0 Å². The molecule has 26 heavy (non-hydrogen) atoms. The third kappa shape index (κ3) is 3.30. The maximum atomic E-state index is 13.0. The van der Waals surface area contributed by atoms with Crippen molar-refractivity contribution in [3.05, 3.63) is 60.2 Å². The van der Waals surface area contributed by atoms with Crippen molar-refractivity contribution in [3.8, 4) is 11.5 Å². The molecule has 2 unspecified atom stereocenters. The Hall–Kier alpha value is -2.79. The Bertz CT molecular complexity index is 818. The lowest BCUT2D eigenvalue weighted by Crippen LogP contribution is -2.43. The summed E-state index contributed by atoms with van der Waals surface area (Å²) in [6.07, 6.45) is 4.26. The molecular formula is C21H21NO4. The van der Waals surface area contributed by atoms with Gasteiger partial charge in [-0.2, -0.15) is 0 Å². The Labute approximate surface area is 152 Å². The van der Waals surface area contributed by atoms with Crippen molar-refractivity contribution in [2.24, 2.45) is 0 Å². The number of benzene rings is 2. The zero-order valence-electron chi connectivity index (χ0n) is 14.6. The number of anilines is 1. The van der Waals surface area contributed by atoms with Gasteiger partial charge in [0.25, 0.3) is 5.91 Å². The van der Waals surface area contributed by atoms with E-state index in [9.17, 15) is 4.79 Å². The molecule has 2 aromatic rings. The van der Waals surface area contributed by atoms with Crippen LogP contribution in [0.3, 0.4) is 0 Å². The van der Waals surface area contributed by atoms with Crippen LogP contribution < -0.4 is 14.4 Å². The number of ether oxygens (including phenoxy) is 3. The topological polar surface area (TPSA) is 48.0 Å². The number of amides is 1. The molecule has 0 bridgehead atoms. The molecule has 0 aliphatic carbocycles. The molecule has 0 N–H and O–H groups in total. The molecule has 4 rings (SSSR count). The van der Waals surface area contributed by atoms with Crippen molar-refractivity contribution in [1.29, 1.82) is 0 Å². The van der Waals surface area contributed by atoms with Crippen molar-refractivity contribution < 1.29 is 19.0 Å². The van der Waals surface area contributed by atoms with Gasteiger partial charge in [0.2, 0.25) is 6.79 Å². The summed E-state index contributed by atoms with van der Waals surface area (Å²) in [4.78, 5) is 14.8. The predicted octanol–water partition coefficient (Wildman–Crippen LogP) is 3.64. The highest BCUT2D eigenvalue weighted by Gasteiger charge is 2.33. The third-order valence-corrected chi connectivity index (χ3v) is 4.75. The van der Waals surface area contributed by atoms with Crippen molar-refractivity contribution in [2.75, 3.05) is 18.3 Å². The standard InChI is InChI=1S/C21H21NO4/c1-15-18(11-12-24-15)22(17-5-3-2-4-6-17)21(23)10-8-16-7-9-19-20(13-16)26-14-25-19/h2-10,13,15,18H,11-12,14H2,1H3/b10-8+. The highest BCUT2D eigenvalue weighted by molar-refractivity contribution is 6.04. The maximum Gasteiger partial charge on any atom is 0.251 e. The summed E-state index contributed by atoms with van der Waals surface area (Å²) in [6.45, 7) is 2.93. The Morgan fingerprint density at radius 1 is 1.12 bits per heavy atom. The molecule has 2 aliphatic rings. The SMILES string of the molecule is CC1OCCC1N(C(=O)/C=C/c1ccc2c(c1)OCO2)c1ccccc1. The van der Waals surface area contributed by atoms with Crippen LogP contribution >= 0.6 is 0 Å². The van der Waals surface area contributed by atoms with Crippen LogP contribution in [0, 0.1) is 0 Å². The molecule has 2 atom stereocenters. The Balaban J connectivity index is 1.58. The molecule has 0 aromatic heterocycles. The van der Waals surface area contributed by atoms with Crippen LogP contribution in [-0.4, -0.2) is 31.5 Å². The quantitative estimate of drug-likeness (QED) is 0.789. The second-order valence-corrected chi connectivity index (χ2v) is 6.42. The molecular weight excluding hydrogens is 330 g/mol. The minimum Gasteiger partial charge on any atom is -0.454 e. The summed E-state index contributed by atoms with van der Waals surface area (Å²) in [7, 11) is 0. The second kappa shape index (κ2) is 7.22. The molecule has 134 valence electrons. The van der Waals surface area contributed by atoms with Crippen molar-refractivity contribution >= 4 is 17.7 Å². The molecule has 2 aromatic carbocycles. The van der Waals surface area contributed by atoms with Crippen molar-refractivity contribution in [3.63, 3.8) is 0 Å². The van der Waals surface area contributed by atoms with E-state index in [1.165, 1.54) is 0 Å². The zero-order chi connectivity index (χ0) is 17.9. The van der Waals surface area contributed by atoms with E-state index >= 15 is 0 Å². The lowest BCUT2D eigenvalue weighted by atomic mass is 10.1. The lowest BCUT2D eigenvalue weighted by Gasteiger charge is -2.30. The van der Waals surface area contributed by atoms with Crippen molar-refractivity contribution in [1.82, 2.24) is 0 Å². The number of hydrogen-bond acceptors (Lipinski definition) is 4. The van der Waals surface area contributed by atoms with Crippen LogP contribution in [0.25, 0.3) is 6.08 Å². The summed E-state index contributed by atoms with van der Waals surface area (Å²) in [5.74, 6) is 1.38. The molecule has 5 nitrogen and oxygen atoms in total. The van der Waals surface area contributed by atoms with Gasteiger partial charge in [0.1, 0.15) is 0 Å². The number of fused-ring (bicyclic) bond motifs is 1. The van der Waals surface area contributed by atoms with Gasteiger partial charge >= 0.3 is 0 Å². The highest BCUT2D eigenvalue weighted by atomic mass is 16.7. The van der Waals surface area contributed by atoms with Gasteiger partial charge < -0.3 is 19.1 Å². The lowest BCUT2D eigenvalue weighted by molar-refractivity contribution is -0.114. The average Bonchev–Trinajstić information content (AvgIpc) is 3.30. The number of carbonyl (C=O) groups is 1. The van der Waals surface area contributed by atoms with E-state index in [2.05, 4.69) is 0 Å². The molecule has 1 amide bonds. The smallest absolute Gasteiger partial charge is 0.251 e. The van der Waals surface area contributed by atoms with Crippen LogP contribution in [0.5, 0.6) is 11.5 Å². The number of nitrogens with zero attached hydrogens (tertiary/aromatic N) is 1. The minimum absolute atomic E-state index is 0.0121. The van der Waals surface area contributed by atoms with Crippen LogP contribution in [0.4, 0.5) is 5.69 Å². The van der Waals surface area contributed by atoms with Gasteiger partial charge in [-0.3, -0.25) is 4.79 Å². The molecule has 0 saturated carbocycles. The summed E-state index contributed by atoms with van der Waals surface area (Å²) in [5.41, 5.74) is 1.78. The zero-order valence-corrected chi connectivity index (χ0v) is 14.6. The summed E-state index contributed by atoms with van der Waals surface area (Å²) >= 11 is 0. The van der Waals surface area contributed by atoms with E-state index in [0.29, 0.717) is 12.4 Å². The molecule has 2 aliphatic heterocycles. The van der Waals surface area contributed by atoms with Gasteiger partial charge in [-0.1, -0.05) is 24.3 Å². The molecule has 0 spiro atoms. The van der Waals surface area contributed by atoms with Crippen molar-refractivity contribution in [2.45, 2.75) is 25.5 Å².